The van der Waals surface area contributed by atoms with Crippen molar-refractivity contribution < 1.29 is 23.8 Å². The molecule has 0 bridgehead atoms. The molecule has 1 saturated heterocycles. The van der Waals surface area contributed by atoms with Crippen molar-refractivity contribution in [3.8, 4) is 5.75 Å². The highest BCUT2D eigenvalue weighted by molar-refractivity contribution is 6.11. The Morgan fingerprint density at radius 3 is 2.61 bits per heavy atom. The molecular weight excluding hydrogens is 456 g/mol. The summed E-state index contributed by atoms with van der Waals surface area (Å²) in [5, 5.41) is 0. The lowest BCUT2D eigenvalue weighted by molar-refractivity contribution is -0.137. The maximum Gasteiger partial charge on any atom is 0.290 e. The van der Waals surface area contributed by atoms with Crippen LogP contribution in [0.5, 0.6) is 5.75 Å². The molecule has 7 nitrogen and oxygen atoms in total. The van der Waals surface area contributed by atoms with Gasteiger partial charge in [-0.15, -0.1) is 0 Å². The maximum absolute atomic E-state index is 14.0. The number of morpholine rings is 1. The molecule has 5 unspecified atom stereocenters. The highest BCUT2D eigenvalue weighted by Gasteiger charge is 2.53. The van der Waals surface area contributed by atoms with Crippen LogP contribution in [-0.2, 0) is 19.1 Å². The van der Waals surface area contributed by atoms with Crippen LogP contribution in [0.25, 0.3) is 0 Å². The van der Waals surface area contributed by atoms with Crippen LogP contribution in [0.4, 0.5) is 0 Å². The number of nitrogens with zero attached hydrogens (tertiary/aromatic N) is 2. The summed E-state index contributed by atoms with van der Waals surface area (Å²) < 4.78 is 17.8. The SMILES string of the molecule is CCCOc1cccc(C2C3=C(OC4CC(C)C(C)CC4C3=O)C(=O)N2CCCN2CCOCC2)c1. The average Bonchev–Trinajstić information content (AvgIpc) is 3.16. The van der Waals surface area contributed by atoms with Gasteiger partial charge in [0, 0.05) is 26.2 Å². The zero-order valence-electron chi connectivity index (χ0n) is 21.9. The van der Waals surface area contributed by atoms with Crippen LogP contribution in [-0.4, -0.2) is 73.6 Å². The topological polar surface area (TPSA) is 68.3 Å². The molecule has 3 heterocycles. The highest BCUT2D eigenvalue weighted by Crippen LogP contribution is 2.48. The average molecular weight is 497 g/mol. The number of amides is 1. The predicted molar refractivity (Wildman–Crippen MR) is 137 cm³/mol. The third-order valence-corrected chi connectivity index (χ3v) is 8.43. The fraction of sp³-hybridized carbons (Fsp3) is 0.655. The fourth-order valence-corrected chi connectivity index (χ4v) is 6.17. The van der Waals surface area contributed by atoms with Crippen molar-refractivity contribution in [3.63, 3.8) is 0 Å². The Hall–Kier alpha value is -2.38. The smallest absolute Gasteiger partial charge is 0.290 e. The normalized spacial score (nSPS) is 30.8. The van der Waals surface area contributed by atoms with Gasteiger partial charge in [-0.25, -0.2) is 0 Å². The highest BCUT2D eigenvalue weighted by atomic mass is 16.5. The Bertz CT molecular complexity index is 1000. The Kier molecular flexibility index (Phi) is 7.68. The molecule has 196 valence electrons. The molecule has 1 saturated carbocycles. The van der Waals surface area contributed by atoms with E-state index in [1.165, 1.54) is 0 Å². The van der Waals surface area contributed by atoms with Crippen molar-refractivity contribution in [3.05, 3.63) is 41.2 Å². The molecule has 4 aliphatic rings. The number of fused-ring (bicyclic) bond motifs is 1. The first-order valence-corrected chi connectivity index (χ1v) is 13.8. The molecule has 3 aliphatic heterocycles. The first-order valence-electron chi connectivity index (χ1n) is 13.8. The number of carbonyl (C=O) groups excluding carboxylic acids is 2. The van der Waals surface area contributed by atoms with Gasteiger partial charge < -0.3 is 19.1 Å². The summed E-state index contributed by atoms with van der Waals surface area (Å²) in [6, 6.07) is 7.46. The Morgan fingerprint density at radius 2 is 1.83 bits per heavy atom. The molecule has 0 spiro atoms. The lowest BCUT2D eigenvalue weighted by atomic mass is 9.70. The van der Waals surface area contributed by atoms with Crippen LogP contribution < -0.4 is 4.74 Å². The van der Waals surface area contributed by atoms with Crippen LogP contribution >= 0.6 is 0 Å². The standard InChI is InChI=1S/C29H40N2O5/c1-4-13-35-22-8-5-7-21(18-22)26-25-27(32)23-16-19(2)20(3)17-24(23)36-28(25)29(33)31(26)10-6-9-30-11-14-34-15-12-30/h5,7-8,18-20,23-24,26H,4,6,9-17H2,1-3H3. The fourth-order valence-electron chi connectivity index (χ4n) is 6.17. The lowest BCUT2D eigenvalue weighted by Gasteiger charge is -2.40. The van der Waals surface area contributed by atoms with E-state index in [1.807, 2.05) is 29.2 Å². The van der Waals surface area contributed by atoms with Gasteiger partial charge in [0.05, 0.1) is 37.4 Å². The molecule has 5 rings (SSSR count). The zero-order valence-corrected chi connectivity index (χ0v) is 21.9. The number of ether oxygens (including phenoxy) is 3. The lowest BCUT2D eigenvalue weighted by Crippen LogP contribution is -2.43. The van der Waals surface area contributed by atoms with Gasteiger partial charge in [0.2, 0.25) is 0 Å². The molecular formula is C29H40N2O5. The second kappa shape index (κ2) is 10.9. The van der Waals surface area contributed by atoms with Crippen molar-refractivity contribution in [2.45, 2.75) is 58.6 Å². The van der Waals surface area contributed by atoms with E-state index >= 15 is 0 Å². The summed E-state index contributed by atoms with van der Waals surface area (Å²) in [7, 11) is 0. The van der Waals surface area contributed by atoms with Crippen molar-refractivity contribution in [1.29, 1.82) is 0 Å². The summed E-state index contributed by atoms with van der Waals surface area (Å²) >= 11 is 0. The number of benzene rings is 1. The van der Waals surface area contributed by atoms with E-state index in [0.29, 0.717) is 36.3 Å². The second-order valence-electron chi connectivity index (χ2n) is 10.9. The number of ketones is 1. The van der Waals surface area contributed by atoms with Gasteiger partial charge in [0.15, 0.2) is 11.5 Å². The van der Waals surface area contributed by atoms with Gasteiger partial charge in [-0.05, 0) is 55.2 Å². The number of carbonyl (C=O) groups is 2. The molecule has 36 heavy (non-hydrogen) atoms. The molecule has 1 aromatic rings. The minimum absolute atomic E-state index is 0.105. The van der Waals surface area contributed by atoms with E-state index < -0.39 is 6.04 Å². The van der Waals surface area contributed by atoms with Gasteiger partial charge in [-0.1, -0.05) is 32.9 Å². The molecule has 5 atom stereocenters. The Morgan fingerprint density at radius 1 is 1.06 bits per heavy atom. The van der Waals surface area contributed by atoms with Crippen molar-refractivity contribution in [2.24, 2.45) is 17.8 Å². The van der Waals surface area contributed by atoms with E-state index in [9.17, 15) is 9.59 Å². The molecule has 0 aromatic heterocycles. The van der Waals surface area contributed by atoms with Crippen molar-refractivity contribution >= 4 is 11.7 Å². The van der Waals surface area contributed by atoms with E-state index in [1.54, 1.807) is 0 Å². The minimum Gasteiger partial charge on any atom is -0.494 e. The number of hydrogen-bond acceptors (Lipinski definition) is 6. The van der Waals surface area contributed by atoms with E-state index in [2.05, 4.69) is 25.7 Å². The first kappa shape index (κ1) is 25.3. The summed E-state index contributed by atoms with van der Waals surface area (Å²) in [6.45, 7) is 12.0. The summed E-state index contributed by atoms with van der Waals surface area (Å²) in [6.07, 6.45) is 3.20. The van der Waals surface area contributed by atoms with E-state index in [-0.39, 0.29) is 23.7 Å². The summed E-state index contributed by atoms with van der Waals surface area (Å²) in [5.41, 5.74) is 1.47. The van der Waals surface area contributed by atoms with Crippen LogP contribution in [0.2, 0.25) is 0 Å². The number of rotatable bonds is 8. The van der Waals surface area contributed by atoms with Crippen LogP contribution in [0.15, 0.2) is 35.6 Å². The van der Waals surface area contributed by atoms with Gasteiger partial charge >= 0.3 is 0 Å². The Labute approximate surface area is 214 Å². The van der Waals surface area contributed by atoms with Gasteiger partial charge in [0.25, 0.3) is 5.91 Å². The minimum atomic E-state index is -0.425. The molecule has 2 fully saturated rings. The van der Waals surface area contributed by atoms with Gasteiger partial charge in [-0.2, -0.15) is 0 Å². The van der Waals surface area contributed by atoms with E-state index in [0.717, 1.165) is 69.8 Å². The molecule has 0 radical (unpaired) electrons. The molecule has 1 aliphatic carbocycles. The monoisotopic (exact) mass is 496 g/mol. The summed E-state index contributed by atoms with van der Waals surface area (Å²) in [5.74, 6) is 1.80. The largest absolute Gasteiger partial charge is 0.494 e. The quantitative estimate of drug-likeness (QED) is 0.542. The predicted octanol–water partition coefficient (Wildman–Crippen LogP) is 3.99. The van der Waals surface area contributed by atoms with Crippen LogP contribution in [0.3, 0.4) is 0 Å². The van der Waals surface area contributed by atoms with Crippen molar-refractivity contribution in [1.82, 2.24) is 9.80 Å². The number of hydrogen-bond donors (Lipinski definition) is 0. The van der Waals surface area contributed by atoms with E-state index in [4.69, 9.17) is 14.2 Å². The van der Waals surface area contributed by atoms with Crippen LogP contribution in [0.1, 0.15) is 58.1 Å². The molecule has 0 N–H and O–H groups in total. The molecule has 1 aromatic carbocycles. The number of Topliss-reactive ketones (excluding diaryl/α,β-unsaturated/α-hetero) is 1. The zero-order chi connectivity index (χ0) is 25.2. The molecule has 7 heteroatoms. The van der Waals surface area contributed by atoms with Crippen LogP contribution in [0, 0.1) is 17.8 Å². The third kappa shape index (κ3) is 4.92. The maximum atomic E-state index is 14.0. The van der Waals surface area contributed by atoms with Gasteiger partial charge in [0.1, 0.15) is 11.9 Å². The first-order chi connectivity index (χ1) is 17.5. The third-order valence-electron chi connectivity index (χ3n) is 8.43. The van der Waals surface area contributed by atoms with Gasteiger partial charge in [-0.3, -0.25) is 14.5 Å². The second-order valence-corrected chi connectivity index (χ2v) is 10.9. The van der Waals surface area contributed by atoms with Crippen molar-refractivity contribution in [2.75, 3.05) is 46.0 Å². The molecule has 1 amide bonds. The summed E-state index contributed by atoms with van der Waals surface area (Å²) in [4.78, 5) is 32.0. The Balaban J connectivity index is 1.43.